The molecule has 0 fully saturated rings. The van der Waals surface area contributed by atoms with Crippen LogP contribution >= 0.6 is 0 Å². The minimum absolute atomic E-state index is 0.283. The number of hydrogen-bond donors (Lipinski definition) is 1. The van der Waals surface area contributed by atoms with Crippen LogP contribution in [0.2, 0.25) is 0 Å². The number of rotatable bonds is 5. The molecule has 6 rings (SSSR count). The van der Waals surface area contributed by atoms with Crippen LogP contribution in [0, 0.1) is 5.82 Å². The molecule has 6 aromatic rings. The molecule has 0 aliphatic rings. The molecular weight excluding hydrogens is 473 g/mol. The van der Waals surface area contributed by atoms with Crippen molar-refractivity contribution in [3.05, 3.63) is 97.3 Å². The van der Waals surface area contributed by atoms with Crippen molar-refractivity contribution < 1.29 is 8.60 Å². The fraction of sp³-hybridized carbons (Fsp3) is 0.0714. The Kier molecular flexibility index (Phi) is 5.38. The molecule has 0 saturated heterocycles. The van der Waals surface area contributed by atoms with Crippen LogP contribution in [-0.2, 0) is 18.0 Å². The van der Waals surface area contributed by atoms with Crippen molar-refractivity contribution in [2.75, 3.05) is 11.4 Å². The molecular formula is C28H22FN5OS. The van der Waals surface area contributed by atoms with Crippen molar-refractivity contribution >= 4 is 38.6 Å². The van der Waals surface area contributed by atoms with E-state index in [4.69, 9.17) is 4.98 Å². The number of hydrogen-bond acceptors (Lipinski definition) is 3. The van der Waals surface area contributed by atoms with E-state index >= 15 is 0 Å². The van der Waals surface area contributed by atoms with Crippen LogP contribution in [0.15, 0.2) is 96.5 Å². The summed E-state index contributed by atoms with van der Waals surface area (Å²) in [6.07, 6.45) is 5.22. The van der Waals surface area contributed by atoms with Crippen LogP contribution in [0.1, 0.15) is 0 Å². The number of aromatic amines is 1. The van der Waals surface area contributed by atoms with Gasteiger partial charge in [-0.25, -0.2) is 18.6 Å². The number of benzene rings is 3. The fourth-order valence-electron chi connectivity index (χ4n) is 4.51. The van der Waals surface area contributed by atoms with E-state index in [1.54, 1.807) is 40.6 Å². The van der Waals surface area contributed by atoms with E-state index in [0.717, 1.165) is 49.9 Å². The zero-order valence-corrected chi connectivity index (χ0v) is 20.5. The van der Waals surface area contributed by atoms with Crippen LogP contribution in [0.3, 0.4) is 0 Å². The first-order valence-electron chi connectivity index (χ1n) is 11.4. The Labute approximate surface area is 209 Å². The van der Waals surface area contributed by atoms with Gasteiger partial charge in [-0.1, -0.05) is 42.5 Å². The van der Waals surface area contributed by atoms with Gasteiger partial charge in [-0.2, -0.15) is 0 Å². The molecule has 1 N–H and O–H groups in total. The van der Waals surface area contributed by atoms with Gasteiger partial charge in [-0.15, -0.1) is 0 Å². The average Bonchev–Trinajstić information content (AvgIpc) is 3.51. The molecule has 0 radical (unpaired) electrons. The molecule has 0 aliphatic carbocycles. The third-order valence-corrected chi connectivity index (χ3v) is 7.57. The van der Waals surface area contributed by atoms with Crippen molar-refractivity contribution in [1.82, 2.24) is 19.5 Å². The van der Waals surface area contributed by atoms with Gasteiger partial charge in [0.05, 0.1) is 12.0 Å². The molecule has 3 aromatic heterocycles. The number of fused-ring (bicyclic) bond motifs is 3. The molecule has 1 atom stereocenters. The molecule has 0 aliphatic heterocycles. The smallest absolute Gasteiger partial charge is 0.173 e. The van der Waals surface area contributed by atoms with Gasteiger partial charge in [-0.05, 0) is 41.5 Å². The van der Waals surface area contributed by atoms with Gasteiger partial charge in [0.25, 0.3) is 0 Å². The second-order valence-corrected chi connectivity index (χ2v) is 10.1. The summed E-state index contributed by atoms with van der Waals surface area (Å²) < 4.78 is 30.3. The molecule has 0 amide bonds. The molecule has 0 saturated carbocycles. The predicted molar refractivity (Wildman–Crippen MR) is 142 cm³/mol. The number of anilines is 1. The van der Waals surface area contributed by atoms with Gasteiger partial charge in [0.15, 0.2) is 16.0 Å². The fourth-order valence-corrected chi connectivity index (χ4v) is 5.49. The zero-order valence-electron chi connectivity index (χ0n) is 19.6. The Morgan fingerprint density at radius 3 is 2.47 bits per heavy atom. The highest BCUT2D eigenvalue weighted by Gasteiger charge is 2.20. The van der Waals surface area contributed by atoms with E-state index in [0.29, 0.717) is 5.03 Å². The number of nitrogens with one attached hydrogen (secondary N) is 1. The molecule has 3 heterocycles. The first kappa shape index (κ1) is 22.2. The standard InChI is InChI=1S/C28H22FN5OS/c1-33-16-25(31-17-33)36(35)34(2)21-12-13-24-22(14-21)27-26(19-6-4-3-5-7-19)23(15-30-28(27)32-24)18-8-10-20(29)11-9-18/h3-17H,1-2H3,(H,30,32). The number of imidazole rings is 1. The van der Waals surface area contributed by atoms with Crippen LogP contribution in [0.25, 0.3) is 44.2 Å². The number of H-pyrrole nitrogens is 1. The average molecular weight is 496 g/mol. The van der Waals surface area contributed by atoms with E-state index in [1.165, 1.54) is 12.1 Å². The predicted octanol–water partition coefficient (Wildman–Crippen LogP) is 6.08. The summed E-state index contributed by atoms with van der Waals surface area (Å²) in [6, 6.07) is 22.5. The molecule has 0 bridgehead atoms. The van der Waals surface area contributed by atoms with Gasteiger partial charge < -0.3 is 9.55 Å². The second-order valence-electron chi connectivity index (χ2n) is 8.62. The van der Waals surface area contributed by atoms with Crippen molar-refractivity contribution in [3.8, 4) is 22.3 Å². The van der Waals surface area contributed by atoms with Gasteiger partial charge in [0.1, 0.15) is 11.5 Å². The van der Waals surface area contributed by atoms with Crippen molar-refractivity contribution in [3.63, 3.8) is 0 Å². The first-order valence-corrected chi connectivity index (χ1v) is 12.5. The summed E-state index contributed by atoms with van der Waals surface area (Å²) in [5.74, 6) is -0.283. The maximum absolute atomic E-state index is 13.7. The van der Waals surface area contributed by atoms with Crippen molar-refractivity contribution in [2.24, 2.45) is 7.05 Å². The summed E-state index contributed by atoms with van der Waals surface area (Å²) in [6.45, 7) is 0. The van der Waals surface area contributed by atoms with Crippen LogP contribution in [-0.4, -0.2) is 30.8 Å². The number of halogens is 1. The van der Waals surface area contributed by atoms with Gasteiger partial charge in [-0.3, -0.25) is 4.31 Å². The highest BCUT2D eigenvalue weighted by molar-refractivity contribution is 7.86. The molecule has 6 nitrogen and oxygen atoms in total. The number of aromatic nitrogens is 4. The van der Waals surface area contributed by atoms with Crippen molar-refractivity contribution in [2.45, 2.75) is 5.03 Å². The molecule has 1 unspecified atom stereocenters. The van der Waals surface area contributed by atoms with E-state index in [1.807, 2.05) is 49.6 Å². The highest BCUT2D eigenvalue weighted by Crippen LogP contribution is 2.41. The molecule has 0 spiro atoms. The van der Waals surface area contributed by atoms with Crippen LogP contribution < -0.4 is 4.31 Å². The quantitative estimate of drug-likeness (QED) is 0.315. The summed E-state index contributed by atoms with van der Waals surface area (Å²) in [5.41, 5.74) is 6.28. The zero-order chi connectivity index (χ0) is 24.8. The summed E-state index contributed by atoms with van der Waals surface area (Å²) in [4.78, 5) is 12.4. The molecule has 36 heavy (non-hydrogen) atoms. The Morgan fingerprint density at radius 2 is 1.75 bits per heavy atom. The third kappa shape index (κ3) is 3.76. The van der Waals surface area contributed by atoms with Crippen LogP contribution in [0.4, 0.5) is 10.1 Å². The maximum Gasteiger partial charge on any atom is 0.173 e. The van der Waals surface area contributed by atoms with Gasteiger partial charge in [0.2, 0.25) is 0 Å². The minimum Gasteiger partial charge on any atom is -0.339 e. The maximum atomic E-state index is 13.7. The molecule has 3 aromatic carbocycles. The van der Waals surface area contributed by atoms with Gasteiger partial charge >= 0.3 is 0 Å². The number of pyridine rings is 1. The second kappa shape index (κ2) is 8.73. The number of nitrogens with zero attached hydrogens (tertiary/aromatic N) is 4. The Bertz CT molecular complexity index is 1740. The monoisotopic (exact) mass is 495 g/mol. The topological polar surface area (TPSA) is 66.8 Å². The van der Waals surface area contributed by atoms with E-state index < -0.39 is 11.0 Å². The lowest BCUT2D eigenvalue weighted by Gasteiger charge is -2.17. The molecule has 8 heteroatoms. The Balaban J connectivity index is 1.59. The van der Waals surface area contributed by atoms with E-state index in [-0.39, 0.29) is 5.82 Å². The largest absolute Gasteiger partial charge is 0.339 e. The van der Waals surface area contributed by atoms with Crippen molar-refractivity contribution in [1.29, 1.82) is 0 Å². The summed E-state index contributed by atoms with van der Waals surface area (Å²) >= 11 is 0. The normalized spacial score (nSPS) is 12.3. The SMILES string of the molecule is CN(c1ccc2[nH]c3ncc(-c4ccc(F)cc4)c(-c4ccccc4)c3c2c1)S(=O)c1cn(C)cn1. The lowest BCUT2D eigenvalue weighted by atomic mass is 9.93. The molecule has 178 valence electrons. The summed E-state index contributed by atoms with van der Waals surface area (Å²) in [5, 5.41) is 2.41. The summed E-state index contributed by atoms with van der Waals surface area (Å²) in [7, 11) is 2.18. The van der Waals surface area contributed by atoms with E-state index in [9.17, 15) is 8.60 Å². The lowest BCUT2D eigenvalue weighted by molar-refractivity contribution is 0.628. The van der Waals surface area contributed by atoms with Gasteiger partial charge in [0, 0.05) is 53.9 Å². The first-order chi connectivity index (χ1) is 17.5. The Morgan fingerprint density at radius 1 is 0.972 bits per heavy atom. The van der Waals surface area contributed by atoms with E-state index in [2.05, 4.69) is 22.1 Å². The third-order valence-electron chi connectivity index (χ3n) is 6.29. The minimum atomic E-state index is -1.46. The van der Waals surface area contributed by atoms with Crippen LogP contribution in [0.5, 0.6) is 0 Å². The lowest BCUT2D eigenvalue weighted by Crippen LogP contribution is -2.20. The highest BCUT2D eigenvalue weighted by atomic mass is 32.2. The Hall–Kier alpha value is -4.30. The number of aryl methyl sites for hydroxylation is 1.